The van der Waals surface area contributed by atoms with E-state index < -0.39 is 0 Å². The largest absolute Gasteiger partial charge is 0.491 e. The summed E-state index contributed by atoms with van der Waals surface area (Å²) in [5.74, 6) is 2.47. The maximum Gasteiger partial charge on any atom is 0.278 e. The predicted molar refractivity (Wildman–Crippen MR) is 110 cm³/mol. The number of hydrogen-bond donors (Lipinski definition) is 0. The van der Waals surface area contributed by atoms with Crippen molar-refractivity contribution in [2.45, 2.75) is 52.2 Å². The molecule has 0 radical (unpaired) electrons. The Morgan fingerprint density at radius 1 is 1.10 bits per heavy atom. The van der Waals surface area contributed by atoms with Crippen LogP contribution in [0.25, 0.3) is 11.6 Å². The van der Waals surface area contributed by atoms with Gasteiger partial charge in [0.2, 0.25) is 0 Å². The molecule has 1 aliphatic rings. The van der Waals surface area contributed by atoms with E-state index in [0.29, 0.717) is 17.5 Å². The summed E-state index contributed by atoms with van der Waals surface area (Å²) in [4.78, 5) is 15.6. The standard InChI is InChI=1S/C22H27N5O2/c1-15(2)28-19-6-4-17(5-7-19)14-27-10-8-18(9-11-27)21-25-22(29-26-21)20-13-23-16(3)12-24-20/h4-7,12-13,15,18H,8-11,14H2,1-3H3. The summed E-state index contributed by atoms with van der Waals surface area (Å²) < 4.78 is 11.1. The van der Waals surface area contributed by atoms with Gasteiger partial charge in [-0.05, 0) is 64.4 Å². The van der Waals surface area contributed by atoms with E-state index in [2.05, 4.69) is 49.3 Å². The maximum absolute atomic E-state index is 5.72. The number of rotatable bonds is 6. The number of aryl methyl sites for hydroxylation is 1. The molecule has 0 amide bonds. The monoisotopic (exact) mass is 393 g/mol. The van der Waals surface area contributed by atoms with Crippen molar-refractivity contribution in [2.75, 3.05) is 13.1 Å². The summed E-state index contributed by atoms with van der Waals surface area (Å²) in [6.07, 6.45) is 5.62. The van der Waals surface area contributed by atoms with E-state index in [0.717, 1.165) is 49.7 Å². The minimum Gasteiger partial charge on any atom is -0.491 e. The third kappa shape index (κ3) is 4.98. The highest BCUT2D eigenvalue weighted by molar-refractivity contribution is 5.44. The number of ether oxygens (including phenoxy) is 1. The highest BCUT2D eigenvalue weighted by Crippen LogP contribution is 2.28. The Kier molecular flexibility index (Phi) is 5.85. The van der Waals surface area contributed by atoms with E-state index in [1.54, 1.807) is 12.4 Å². The van der Waals surface area contributed by atoms with Gasteiger partial charge in [0.15, 0.2) is 5.82 Å². The van der Waals surface area contributed by atoms with E-state index in [-0.39, 0.29) is 6.10 Å². The molecule has 0 saturated carbocycles. The predicted octanol–water partition coefficient (Wildman–Crippen LogP) is 4.00. The molecule has 7 heteroatoms. The first-order valence-corrected chi connectivity index (χ1v) is 10.2. The fourth-order valence-electron chi connectivity index (χ4n) is 3.56. The summed E-state index contributed by atoms with van der Waals surface area (Å²) in [6.45, 7) is 8.97. The van der Waals surface area contributed by atoms with Gasteiger partial charge in [-0.15, -0.1) is 0 Å². The van der Waals surface area contributed by atoms with Crippen LogP contribution >= 0.6 is 0 Å². The van der Waals surface area contributed by atoms with Crippen LogP contribution in [0, 0.1) is 6.92 Å². The highest BCUT2D eigenvalue weighted by Gasteiger charge is 2.25. The van der Waals surface area contributed by atoms with Crippen molar-refractivity contribution in [1.29, 1.82) is 0 Å². The molecule has 0 spiro atoms. The van der Waals surface area contributed by atoms with Crippen LogP contribution in [0.5, 0.6) is 5.75 Å². The third-order valence-electron chi connectivity index (χ3n) is 5.10. The topological polar surface area (TPSA) is 77.2 Å². The van der Waals surface area contributed by atoms with E-state index in [1.165, 1.54) is 5.56 Å². The van der Waals surface area contributed by atoms with Gasteiger partial charge in [-0.1, -0.05) is 17.3 Å². The van der Waals surface area contributed by atoms with Crippen LogP contribution < -0.4 is 4.74 Å². The molecule has 0 N–H and O–H groups in total. The lowest BCUT2D eigenvalue weighted by atomic mass is 9.96. The van der Waals surface area contributed by atoms with Gasteiger partial charge in [0.25, 0.3) is 5.89 Å². The molecule has 7 nitrogen and oxygen atoms in total. The molecule has 3 aromatic rings. The first-order chi connectivity index (χ1) is 14.1. The number of likely N-dealkylation sites (tertiary alicyclic amines) is 1. The molecule has 1 aliphatic heterocycles. The molecule has 1 saturated heterocycles. The number of hydrogen-bond acceptors (Lipinski definition) is 7. The van der Waals surface area contributed by atoms with Crippen molar-refractivity contribution < 1.29 is 9.26 Å². The van der Waals surface area contributed by atoms with Crippen LogP contribution in [0.2, 0.25) is 0 Å². The van der Waals surface area contributed by atoms with Gasteiger partial charge >= 0.3 is 0 Å². The quantitative estimate of drug-likeness (QED) is 0.626. The van der Waals surface area contributed by atoms with Crippen LogP contribution in [0.1, 0.15) is 49.7 Å². The van der Waals surface area contributed by atoms with Gasteiger partial charge in [0, 0.05) is 18.7 Å². The van der Waals surface area contributed by atoms with Gasteiger partial charge in [-0.2, -0.15) is 4.98 Å². The molecule has 4 rings (SSSR count). The Morgan fingerprint density at radius 3 is 2.52 bits per heavy atom. The fraction of sp³-hybridized carbons (Fsp3) is 0.455. The Balaban J connectivity index is 1.31. The maximum atomic E-state index is 5.72. The zero-order chi connectivity index (χ0) is 20.2. The normalized spacial score (nSPS) is 15.7. The van der Waals surface area contributed by atoms with E-state index >= 15 is 0 Å². The van der Waals surface area contributed by atoms with Crippen molar-refractivity contribution in [2.24, 2.45) is 0 Å². The third-order valence-corrected chi connectivity index (χ3v) is 5.10. The molecular formula is C22H27N5O2. The smallest absolute Gasteiger partial charge is 0.278 e. The number of benzene rings is 1. The highest BCUT2D eigenvalue weighted by atomic mass is 16.5. The average molecular weight is 393 g/mol. The first-order valence-electron chi connectivity index (χ1n) is 10.2. The van der Waals surface area contributed by atoms with Crippen LogP contribution in [0.4, 0.5) is 0 Å². The van der Waals surface area contributed by atoms with Crippen LogP contribution in [-0.2, 0) is 6.54 Å². The van der Waals surface area contributed by atoms with Gasteiger partial charge in [0.05, 0.1) is 18.0 Å². The van der Waals surface area contributed by atoms with E-state index in [9.17, 15) is 0 Å². The van der Waals surface area contributed by atoms with Gasteiger partial charge in [0.1, 0.15) is 11.4 Å². The molecule has 0 aliphatic carbocycles. The fourth-order valence-corrected chi connectivity index (χ4v) is 3.56. The molecular weight excluding hydrogens is 366 g/mol. The number of nitrogens with zero attached hydrogens (tertiary/aromatic N) is 5. The Labute approximate surface area is 171 Å². The summed E-state index contributed by atoms with van der Waals surface area (Å²) in [5, 5.41) is 4.19. The summed E-state index contributed by atoms with van der Waals surface area (Å²) in [7, 11) is 0. The molecule has 2 aromatic heterocycles. The van der Waals surface area contributed by atoms with Crippen molar-refractivity contribution in [3.05, 3.63) is 53.7 Å². The number of piperidine rings is 1. The lowest BCUT2D eigenvalue weighted by molar-refractivity contribution is 0.200. The van der Waals surface area contributed by atoms with Crippen LogP contribution in [0.3, 0.4) is 0 Å². The molecule has 29 heavy (non-hydrogen) atoms. The second-order valence-electron chi connectivity index (χ2n) is 7.86. The molecule has 0 atom stereocenters. The first kappa shape index (κ1) is 19.5. The zero-order valence-electron chi connectivity index (χ0n) is 17.2. The lowest BCUT2D eigenvalue weighted by Crippen LogP contribution is -2.32. The number of aromatic nitrogens is 4. The molecule has 1 fully saturated rings. The second-order valence-corrected chi connectivity index (χ2v) is 7.86. The summed E-state index contributed by atoms with van der Waals surface area (Å²) in [6, 6.07) is 8.41. The van der Waals surface area contributed by atoms with E-state index in [1.807, 2.05) is 20.8 Å². The van der Waals surface area contributed by atoms with Crippen molar-refractivity contribution in [3.63, 3.8) is 0 Å². The molecule has 0 bridgehead atoms. The summed E-state index contributed by atoms with van der Waals surface area (Å²) in [5.41, 5.74) is 2.79. The molecule has 3 heterocycles. The van der Waals surface area contributed by atoms with Gasteiger partial charge < -0.3 is 9.26 Å². The molecule has 0 unspecified atom stereocenters. The molecule has 1 aromatic carbocycles. The van der Waals surface area contributed by atoms with Crippen LogP contribution in [0.15, 0.2) is 41.2 Å². The van der Waals surface area contributed by atoms with E-state index in [4.69, 9.17) is 9.26 Å². The average Bonchev–Trinajstić information content (AvgIpc) is 3.20. The van der Waals surface area contributed by atoms with Gasteiger partial charge in [-0.25, -0.2) is 4.98 Å². The second kappa shape index (κ2) is 8.69. The lowest BCUT2D eigenvalue weighted by Gasteiger charge is -2.30. The van der Waals surface area contributed by atoms with Gasteiger partial charge in [-0.3, -0.25) is 9.88 Å². The summed E-state index contributed by atoms with van der Waals surface area (Å²) >= 11 is 0. The Morgan fingerprint density at radius 2 is 1.86 bits per heavy atom. The van der Waals surface area contributed by atoms with Crippen molar-refractivity contribution >= 4 is 0 Å². The van der Waals surface area contributed by atoms with Crippen LogP contribution in [-0.4, -0.2) is 44.2 Å². The SMILES string of the molecule is Cc1cnc(-c2nc(C3CCN(Cc4ccc(OC(C)C)cc4)CC3)no2)cn1. The molecule has 152 valence electrons. The minimum absolute atomic E-state index is 0.198. The Hall–Kier alpha value is -2.80. The minimum atomic E-state index is 0.198. The van der Waals surface area contributed by atoms with Crippen molar-refractivity contribution in [1.82, 2.24) is 25.0 Å². The Bertz CT molecular complexity index is 913. The zero-order valence-corrected chi connectivity index (χ0v) is 17.2. The van der Waals surface area contributed by atoms with Crippen molar-refractivity contribution in [3.8, 4) is 17.3 Å².